The summed E-state index contributed by atoms with van der Waals surface area (Å²) >= 11 is 0. The average molecular weight is 363 g/mol. The van der Waals surface area contributed by atoms with Crippen molar-refractivity contribution in [2.75, 3.05) is 50.7 Å². The van der Waals surface area contributed by atoms with Gasteiger partial charge in [0.25, 0.3) is 0 Å². The lowest BCUT2D eigenvalue weighted by molar-refractivity contribution is -0.0852. The Bertz CT molecular complexity index is 864. The lowest BCUT2D eigenvalue weighted by Gasteiger charge is -2.23. The predicted molar refractivity (Wildman–Crippen MR) is 100 cm³/mol. The lowest BCUT2D eigenvalue weighted by atomic mass is 10.2. The number of nitrogens with one attached hydrogen (secondary N) is 2. The van der Waals surface area contributed by atoms with Crippen LogP contribution < -0.4 is 21.2 Å². The highest BCUT2D eigenvalue weighted by Crippen LogP contribution is 2.29. The Morgan fingerprint density at radius 3 is 2.54 bits per heavy atom. The van der Waals surface area contributed by atoms with Gasteiger partial charge >= 0.3 is 11.7 Å². The molecule has 1 fully saturated rings. The van der Waals surface area contributed by atoms with Crippen molar-refractivity contribution in [2.45, 2.75) is 6.10 Å². The van der Waals surface area contributed by atoms with Gasteiger partial charge in [0.05, 0.1) is 48.3 Å². The monoisotopic (exact) mass is 363 g/mol. The van der Waals surface area contributed by atoms with E-state index in [-0.39, 0.29) is 17.8 Å². The minimum atomic E-state index is -0.331. The van der Waals surface area contributed by atoms with Gasteiger partial charge in [-0.2, -0.15) is 0 Å². The van der Waals surface area contributed by atoms with E-state index >= 15 is 0 Å². The number of ether oxygens (including phenoxy) is 2. The number of aryl methyl sites for hydroxylation is 2. The van der Waals surface area contributed by atoms with Crippen LogP contribution in [0.1, 0.15) is 0 Å². The first-order chi connectivity index (χ1) is 12.4. The van der Waals surface area contributed by atoms with Crippen LogP contribution in [0, 0.1) is 0 Å². The van der Waals surface area contributed by atoms with Crippen molar-refractivity contribution in [3.63, 3.8) is 0 Å². The molecule has 1 aromatic heterocycles. The van der Waals surface area contributed by atoms with Gasteiger partial charge in [-0.05, 0) is 12.1 Å². The largest absolute Gasteiger partial charge is 0.376 e. The number of amides is 2. The van der Waals surface area contributed by atoms with Crippen LogP contribution in [0.3, 0.4) is 0 Å². The molecule has 1 saturated heterocycles. The zero-order chi connectivity index (χ0) is 18.8. The normalized spacial score (nSPS) is 17.3. The second-order valence-corrected chi connectivity index (χ2v) is 6.56. The van der Waals surface area contributed by atoms with Gasteiger partial charge in [0.1, 0.15) is 0 Å². The summed E-state index contributed by atoms with van der Waals surface area (Å²) in [5, 5.41) is 5.67. The van der Waals surface area contributed by atoms with Crippen LogP contribution in [0.15, 0.2) is 16.9 Å². The first kappa shape index (κ1) is 18.3. The molecule has 0 unspecified atom stereocenters. The molecule has 0 spiro atoms. The summed E-state index contributed by atoms with van der Waals surface area (Å²) in [6, 6.07) is 3.37. The van der Waals surface area contributed by atoms with E-state index in [0.29, 0.717) is 32.1 Å². The Morgan fingerprint density at radius 2 is 1.92 bits per heavy atom. The molecule has 0 radical (unpaired) electrons. The number of anilines is 2. The van der Waals surface area contributed by atoms with Crippen LogP contribution in [-0.4, -0.2) is 61.7 Å². The van der Waals surface area contributed by atoms with Crippen LogP contribution in [0.4, 0.5) is 16.2 Å². The van der Waals surface area contributed by atoms with Crippen LogP contribution in [0.2, 0.25) is 0 Å². The van der Waals surface area contributed by atoms with Crippen molar-refractivity contribution in [2.24, 2.45) is 14.1 Å². The van der Waals surface area contributed by atoms with Gasteiger partial charge in [-0.25, -0.2) is 9.59 Å². The Morgan fingerprint density at radius 1 is 1.23 bits per heavy atom. The molecule has 2 N–H and O–H groups in total. The van der Waals surface area contributed by atoms with E-state index < -0.39 is 0 Å². The first-order valence-electron chi connectivity index (χ1n) is 8.49. The molecule has 0 aliphatic carbocycles. The van der Waals surface area contributed by atoms with Crippen molar-refractivity contribution in [3.8, 4) is 0 Å². The topological polar surface area (TPSA) is 89.8 Å². The second kappa shape index (κ2) is 7.38. The molecule has 1 aliphatic heterocycles. The van der Waals surface area contributed by atoms with Gasteiger partial charge in [-0.15, -0.1) is 0 Å². The zero-order valence-electron chi connectivity index (χ0n) is 15.5. The summed E-state index contributed by atoms with van der Waals surface area (Å²) in [6.45, 7) is 1.97. The van der Waals surface area contributed by atoms with E-state index in [9.17, 15) is 9.59 Å². The fourth-order valence-electron chi connectivity index (χ4n) is 3.03. The molecule has 26 heavy (non-hydrogen) atoms. The number of urea groups is 1. The quantitative estimate of drug-likeness (QED) is 0.825. The number of carbonyl (C=O) groups is 1. The highest BCUT2D eigenvalue weighted by atomic mass is 16.6. The van der Waals surface area contributed by atoms with Crippen LogP contribution in [0.25, 0.3) is 11.0 Å². The summed E-state index contributed by atoms with van der Waals surface area (Å²) in [5.41, 5.74) is 2.89. The van der Waals surface area contributed by atoms with Crippen molar-refractivity contribution >= 4 is 28.4 Å². The molecule has 1 aromatic carbocycles. The molecule has 2 heterocycles. The summed E-state index contributed by atoms with van der Waals surface area (Å²) in [7, 11) is 7.22. The average Bonchev–Trinajstić information content (AvgIpc) is 2.84. The molecule has 9 heteroatoms. The van der Waals surface area contributed by atoms with Gasteiger partial charge in [0, 0.05) is 34.7 Å². The predicted octanol–water partition coefficient (Wildman–Crippen LogP) is 0.480. The molecule has 0 bridgehead atoms. The van der Waals surface area contributed by atoms with Crippen molar-refractivity contribution in [1.29, 1.82) is 0 Å². The van der Waals surface area contributed by atoms with Gasteiger partial charge in [0.15, 0.2) is 0 Å². The smallest absolute Gasteiger partial charge is 0.328 e. The molecule has 0 saturated carbocycles. The van der Waals surface area contributed by atoms with E-state index in [0.717, 1.165) is 16.7 Å². The Balaban J connectivity index is 1.81. The van der Waals surface area contributed by atoms with E-state index in [1.807, 2.05) is 31.1 Å². The van der Waals surface area contributed by atoms with Gasteiger partial charge in [-0.1, -0.05) is 0 Å². The number of carbonyl (C=O) groups excluding carboxylic acids is 1. The van der Waals surface area contributed by atoms with Crippen molar-refractivity contribution < 1.29 is 14.3 Å². The zero-order valence-corrected chi connectivity index (χ0v) is 15.5. The van der Waals surface area contributed by atoms with Crippen LogP contribution >= 0.6 is 0 Å². The van der Waals surface area contributed by atoms with E-state index in [2.05, 4.69) is 10.6 Å². The Labute approximate surface area is 151 Å². The summed E-state index contributed by atoms with van der Waals surface area (Å²) < 4.78 is 14.0. The maximum atomic E-state index is 12.3. The minimum Gasteiger partial charge on any atom is -0.376 e. The number of hydrogen-bond acceptors (Lipinski definition) is 5. The number of rotatable bonds is 4. The van der Waals surface area contributed by atoms with E-state index in [4.69, 9.17) is 9.47 Å². The van der Waals surface area contributed by atoms with Gasteiger partial charge < -0.3 is 25.0 Å². The third-order valence-corrected chi connectivity index (χ3v) is 4.49. The number of nitrogens with zero attached hydrogens (tertiary/aromatic N) is 3. The van der Waals surface area contributed by atoms with Gasteiger partial charge in [-0.3, -0.25) is 9.13 Å². The number of hydrogen-bond donors (Lipinski definition) is 2. The van der Waals surface area contributed by atoms with E-state index in [1.165, 1.54) is 0 Å². The summed E-state index contributed by atoms with van der Waals surface area (Å²) in [6.07, 6.45) is -0.139. The molecular weight excluding hydrogens is 338 g/mol. The number of imidazole rings is 1. The molecule has 1 aliphatic rings. The van der Waals surface area contributed by atoms with Crippen LogP contribution in [-0.2, 0) is 23.6 Å². The number of fused-ring (bicyclic) bond motifs is 1. The maximum Gasteiger partial charge on any atom is 0.328 e. The third-order valence-electron chi connectivity index (χ3n) is 4.49. The van der Waals surface area contributed by atoms with Gasteiger partial charge in [0.2, 0.25) is 0 Å². The lowest BCUT2D eigenvalue weighted by Crippen LogP contribution is -2.41. The fraction of sp³-hybridized carbons (Fsp3) is 0.529. The standard InChI is InChI=1S/C17H25N5O4/c1-20(2)13-8-15-14(21(3)17(24)22(15)4)7-12(13)19-16(23)18-9-11-10-25-5-6-26-11/h7-8,11H,5-6,9-10H2,1-4H3,(H2,18,19,23)/t11-/m0/s1. The fourth-order valence-corrected chi connectivity index (χ4v) is 3.03. The molecule has 2 amide bonds. The van der Waals surface area contributed by atoms with Crippen molar-refractivity contribution in [3.05, 3.63) is 22.6 Å². The van der Waals surface area contributed by atoms with Crippen LogP contribution in [0.5, 0.6) is 0 Å². The second-order valence-electron chi connectivity index (χ2n) is 6.56. The molecule has 2 aromatic rings. The number of aromatic nitrogens is 2. The number of benzene rings is 1. The molecule has 1 atom stereocenters. The SMILES string of the molecule is CN(C)c1cc2c(cc1NC(=O)NC[C@H]1COCCO1)n(C)c(=O)n2C. The van der Waals surface area contributed by atoms with E-state index in [1.54, 1.807) is 23.2 Å². The first-order valence-corrected chi connectivity index (χ1v) is 8.49. The van der Waals surface area contributed by atoms with Crippen molar-refractivity contribution in [1.82, 2.24) is 14.5 Å². The molecule has 3 rings (SSSR count). The molecular formula is C17H25N5O4. The third kappa shape index (κ3) is 3.54. The minimum absolute atomic E-state index is 0.110. The summed E-state index contributed by atoms with van der Waals surface area (Å²) in [5.74, 6) is 0. The highest BCUT2D eigenvalue weighted by molar-refractivity contribution is 5.97. The summed E-state index contributed by atoms with van der Waals surface area (Å²) in [4.78, 5) is 26.4. The maximum absolute atomic E-state index is 12.3. The highest BCUT2D eigenvalue weighted by Gasteiger charge is 2.17. The molecule has 142 valence electrons. The molecule has 9 nitrogen and oxygen atoms in total. The Kier molecular flexibility index (Phi) is 5.19. The Hall–Kier alpha value is -2.52.